The summed E-state index contributed by atoms with van der Waals surface area (Å²) in [4.78, 5) is 15.4. The van der Waals surface area contributed by atoms with Gasteiger partial charge in [-0.2, -0.15) is 0 Å². The van der Waals surface area contributed by atoms with Crippen molar-refractivity contribution in [2.45, 2.75) is 12.5 Å². The molecule has 0 amide bonds. The highest BCUT2D eigenvalue weighted by molar-refractivity contribution is 6.25. The quantitative estimate of drug-likeness (QED) is 0.301. The van der Waals surface area contributed by atoms with E-state index in [-0.39, 0.29) is 0 Å². The van der Waals surface area contributed by atoms with E-state index in [1.54, 1.807) is 0 Å². The zero-order valence-electron chi connectivity index (χ0n) is 16.7. The van der Waals surface area contributed by atoms with Gasteiger partial charge < -0.3 is 15.4 Å². The van der Waals surface area contributed by atoms with Crippen molar-refractivity contribution in [1.29, 1.82) is 0 Å². The minimum absolute atomic E-state index is 0.390. The van der Waals surface area contributed by atoms with Crippen molar-refractivity contribution in [1.82, 2.24) is 4.98 Å². The van der Waals surface area contributed by atoms with Crippen LogP contribution in [0.3, 0.4) is 0 Å². The summed E-state index contributed by atoms with van der Waals surface area (Å²) in [5, 5.41) is 21.4. The van der Waals surface area contributed by atoms with E-state index in [1.165, 1.54) is 21.5 Å². The third-order valence-electron chi connectivity index (χ3n) is 6.26. The van der Waals surface area contributed by atoms with E-state index in [2.05, 4.69) is 58.8 Å². The summed E-state index contributed by atoms with van der Waals surface area (Å²) in [5.74, 6) is -0.865. The molecule has 0 radical (unpaired) electrons. The number of anilines is 1. The van der Waals surface area contributed by atoms with Crippen LogP contribution in [0, 0.1) is 0 Å². The molecule has 1 atom stereocenters. The van der Waals surface area contributed by atoms with Crippen LogP contribution in [0.4, 0.5) is 5.69 Å². The van der Waals surface area contributed by atoms with Gasteiger partial charge in [-0.1, -0.05) is 66.7 Å². The Morgan fingerprint density at radius 2 is 1.52 bits per heavy atom. The lowest BCUT2D eigenvalue weighted by Gasteiger charge is -2.19. The van der Waals surface area contributed by atoms with Gasteiger partial charge in [-0.25, -0.2) is 4.79 Å². The number of carboxylic acids is 1. The lowest BCUT2D eigenvalue weighted by Crippen LogP contribution is -2.31. The summed E-state index contributed by atoms with van der Waals surface area (Å²) in [6.07, 6.45) is 2.30. The molecule has 0 saturated heterocycles. The van der Waals surface area contributed by atoms with Gasteiger partial charge in [0.05, 0.1) is 0 Å². The Morgan fingerprint density at radius 1 is 0.806 bits per heavy atom. The van der Waals surface area contributed by atoms with Crippen molar-refractivity contribution in [3.8, 4) is 0 Å². The predicted octanol–water partition coefficient (Wildman–Crippen LogP) is 6.17. The maximum absolute atomic E-state index is 12.2. The fourth-order valence-electron chi connectivity index (χ4n) is 4.77. The van der Waals surface area contributed by atoms with Crippen LogP contribution in [0.2, 0.25) is 0 Å². The number of hydrogen-bond acceptors (Lipinski definition) is 2. The Balaban J connectivity index is 1.45. The summed E-state index contributed by atoms with van der Waals surface area (Å²) in [5.41, 5.74) is 2.86. The van der Waals surface area contributed by atoms with Gasteiger partial charge in [-0.3, -0.25) is 0 Å². The van der Waals surface area contributed by atoms with Gasteiger partial charge in [0.1, 0.15) is 6.04 Å². The van der Waals surface area contributed by atoms with Gasteiger partial charge in [-0.15, -0.1) is 0 Å². The molecule has 0 unspecified atom stereocenters. The minimum atomic E-state index is -0.865. The number of benzene rings is 5. The van der Waals surface area contributed by atoms with Crippen LogP contribution >= 0.6 is 0 Å². The molecule has 3 N–H and O–H groups in total. The van der Waals surface area contributed by atoms with Crippen molar-refractivity contribution in [3.63, 3.8) is 0 Å². The first kappa shape index (κ1) is 17.8. The zero-order chi connectivity index (χ0) is 20.9. The Labute approximate surface area is 178 Å². The molecule has 31 heavy (non-hydrogen) atoms. The molecule has 150 valence electrons. The summed E-state index contributed by atoms with van der Waals surface area (Å²) >= 11 is 0. The van der Waals surface area contributed by atoms with Crippen molar-refractivity contribution in [2.24, 2.45) is 0 Å². The summed E-state index contributed by atoms with van der Waals surface area (Å²) in [6.45, 7) is 0. The van der Waals surface area contributed by atoms with Gasteiger partial charge in [-0.05, 0) is 44.6 Å². The molecule has 5 aromatic carbocycles. The molecule has 0 aliphatic carbocycles. The van der Waals surface area contributed by atoms with Crippen molar-refractivity contribution in [3.05, 3.63) is 90.6 Å². The average Bonchev–Trinajstić information content (AvgIpc) is 3.20. The maximum Gasteiger partial charge on any atom is 0.326 e. The molecular formula is C27H20N2O2. The molecule has 6 aromatic rings. The van der Waals surface area contributed by atoms with Crippen LogP contribution in [-0.4, -0.2) is 22.1 Å². The number of para-hydroxylation sites is 1. The Hall–Kier alpha value is -4.05. The van der Waals surface area contributed by atoms with Crippen LogP contribution in [0.15, 0.2) is 85.1 Å². The highest BCUT2D eigenvalue weighted by atomic mass is 16.4. The zero-order valence-corrected chi connectivity index (χ0v) is 16.7. The number of aliphatic carboxylic acids is 1. The van der Waals surface area contributed by atoms with E-state index in [0.29, 0.717) is 6.42 Å². The normalized spacial score (nSPS) is 12.8. The highest BCUT2D eigenvalue weighted by Gasteiger charge is 2.21. The van der Waals surface area contributed by atoms with Crippen molar-refractivity contribution in [2.75, 3.05) is 5.32 Å². The first-order valence-corrected chi connectivity index (χ1v) is 10.4. The monoisotopic (exact) mass is 404 g/mol. The SMILES string of the molecule is O=C(O)[C@H](Cc1c[nH]c2ccccc12)Nc1ccc2ccc3cccc4ccc1c2c34. The molecular weight excluding hydrogens is 384 g/mol. The largest absolute Gasteiger partial charge is 0.480 e. The first-order chi connectivity index (χ1) is 15.2. The number of carboxylic acid groups (broad SMARTS) is 1. The smallest absolute Gasteiger partial charge is 0.326 e. The molecule has 0 fully saturated rings. The Bertz CT molecular complexity index is 1570. The fraction of sp³-hybridized carbons (Fsp3) is 0.0741. The lowest BCUT2D eigenvalue weighted by molar-refractivity contribution is -0.137. The molecule has 0 saturated carbocycles. The Kier molecular flexibility index (Phi) is 3.87. The molecule has 0 spiro atoms. The molecule has 1 heterocycles. The fourth-order valence-corrected chi connectivity index (χ4v) is 4.77. The predicted molar refractivity (Wildman–Crippen MR) is 127 cm³/mol. The maximum atomic E-state index is 12.2. The molecule has 0 bridgehead atoms. The average molecular weight is 404 g/mol. The summed E-state index contributed by atoms with van der Waals surface area (Å²) in [7, 11) is 0. The van der Waals surface area contributed by atoms with Gasteiger partial charge in [0, 0.05) is 34.6 Å². The Morgan fingerprint density at radius 3 is 2.32 bits per heavy atom. The number of fused-ring (bicyclic) bond motifs is 1. The van der Waals surface area contributed by atoms with E-state index in [4.69, 9.17) is 0 Å². The number of rotatable bonds is 5. The van der Waals surface area contributed by atoms with E-state index in [0.717, 1.165) is 32.9 Å². The van der Waals surface area contributed by atoms with Crippen molar-refractivity contribution < 1.29 is 9.90 Å². The molecule has 0 aliphatic rings. The molecule has 4 nitrogen and oxygen atoms in total. The van der Waals surface area contributed by atoms with Crippen molar-refractivity contribution >= 4 is 54.9 Å². The molecule has 0 aliphatic heterocycles. The molecule has 4 heteroatoms. The first-order valence-electron chi connectivity index (χ1n) is 10.4. The number of H-pyrrole nitrogens is 1. The standard InChI is InChI=1S/C27H20N2O2/c30-27(31)24(14-19-15-28-22-7-2-1-6-20(19)22)29-23-13-11-18-9-8-16-4-3-5-17-10-12-21(23)26(18)25(16)17/h1-13,15,24,28-29H,14H2,(H,30,31)/t24-/m0/s1. The number of aromatic amines is 1. The van der Waals surface area contributed by atoms with Gasteiger partial charge in [0.15, 0.2) is 0 Å². The third kappa shape index (κ3) is 2.80. The number of nitrogens with one attached hydrogen (secondary N) is 2. The van der Waals surface area contributed by atoms with Crippen LogP contribution in [0.25, 0.3) is 43.2 Å². The second kappa shape index (κ2) is 6.74. The summed E-state index contributed by atoms with van der Waals surface area (Å²) in [6, 6.07) is 26.1. The minimum Gasteiger partial charge on any atom is -0.480 e. The van der Waals surface area contributed by atoms with Crippen LogP contribution < -0.4 is 5.32 Å². The van der Waals surface area contributed by atoms with Crippen LogP contribution in [0.5, 0.6) is 0 Å². The number of hydrogen-bond donors (Lipinski definition) is 3. The summed E-state index contributed by atoms with van der Waals surface area (Å²) < 4.78 is 0. The third-order valence-corrected chi connectivity index (χ3v) is 6.26. The van der Waals surface area contributed by atoms with E-state index >= 15 is 0 Å². The number of aromatic nitrogens is 1. The van der Waals surface area contributed by atoms with Gasteiger partial charge in [0.25, 0.3) is 0 Å². The highest BCUT2D eigenvalue weighted by Crippen LogP contribution is 2.38. The van der Waals surface area contributed by atoms with Crippen LogP contribution in [-0.2, 0) is 11.2 Å². The molecule has 6 rings (SSSR count). The number of carbonyl (C=O) groups is 1. The van der Waals surface area contributed by atoms with E-state index in [1.807, 2.05) is 36.5 Å². The molecule has 1 aromatic heterocycles. The topological polar surface area (TPSA) is 65.1 Å². The lowest BCUT2D eigenvalue weighted by atomic mass is 9.93. The second-order valence-electron chi connectivity index (χ2n) is 8.07. The van der Waals surface area contributed by atoms with Gasteiger partial charge >= 0.3 is 5.97 Å². The second-order valence-corrected chi connectivity index (χ2v) is 8.07. The van der Waals surface area contributed by atoms with E-state index in [9.17, 15) is 9.90 Å². The van der Waals surface area contributed by atoms with Gasteiger partial charge in [0.2, 0.25) is 0 Å². The van der Waals surface area contributed by atoms with E-state index < -0.39 is 12.0 Å². The van der Waals surface area contributed by atoms with Crippen LogP contribution in [0.1, 0.15) is 5.56 Å².